The Labute approximate surface area is 73.1 Å². The van der Waals surface area contributed by atoms with Crippen molar-refractivity contribution in [2.24, 2.45) is 0 Å². The summed E-state index contributed by atoms with van der Waals surface area (Å²) in [5.41, 5.74) is 0. The van der Waals surface area contributed by atoms with Gasteiger partial charge in [0.15, 0.2) is 0 Å². The van der Waals surface area contributed by atoms with E-state index in [2.05, 4.69) is 11.9 Å². The van der Waals surface area contributed by atoms with Crippen molar-refractivity contribution >= 4 is 10.1 Å². The first-order valence-electron chi connectivity index (χ1n) is 3.58. The molecule has 1 aliphatic heterocycles. The van der Waals surface area contributed by atoms with Gasteiger partial charge in [0.2, 0.25) is 0 Å². The molecule has 0 bridgehead atoms. The molecule has 0 saturated carbocycles. The highest BCUT2D eigenvalue weighted by Crippen LogP contribution is 1.89. The van der Waals surface area contributed by atoms with E-state index in [1.807, 2.05) is 0 Å². The highest BCUT2D eigenvalue weighted by molar-refractivity contribution is 7.85. The van der Waals surface area contributed by atoms with Gasteiger partial charge in [-0.1, -0.05) is 0 Å². The number of rotatable bonds is 0. The van der Waals surface area contributed by atoms with E-state index in [4.69, 9.17) is 9.29 Å². The molecule has 1 N–H and O–H groups in total. The van der Waals surface area contributed by atoms with Crippen LogP contribution in [-0.4, -0.2) is 57.5 Å². The second kappa shape index (κ2) is 5.47. The van der Waals surface area contributed by atoms with Gasteiger partial charge in [-0.25, -0.2) is 0 Å². The molecule has 1 heterocycles. The highest BCUT2D eigenvalue weighted by atomic mass is 32.2. The maximum Gasteiger partial charge on any atom is 0.261 e. The van der Waals surface area contributed by atoms with Crippen LogP contribution in [0.15, 0.2) is 0 Å². The fourth-order valence-electron chi connectivity index (χ4n) is 0.655. The van der Waals surface area contributed by atoms with Gasteiger partial charge < -0.3 is 9.64 Å². The van der Waals surface area contributed by atoms with E-state index in [1.165, 1.54) is 0 Å². The fourth-order valence-corrected chi connectivity index (χ4v) is 0.655. The first kappa shape index (κ1) is 11.8. The molecule has 0 amide bonds. The minimum absolute atomic E-state index is 0.715. The molecule has 0 aromatic heterocycles. The van der Waals surface area contributed by atoms with Crippen LogP contribution in [0.1, 0.15) is 0 Å². The minimum atomic E-state index is -3.67. The molecule has 0 aliphatic carbocycles. The molecule has 1 aliphatic rings. The Hall–Kier alpha value is -0.170. The van der Waals surface area contributed by atoms with Crippen LogP contribution >= 0.6 is 0 Å². The number of morpholine rings is 1. The minimum Gasteiger partial charge on any atom is -0.379 e. The van der Waals surface area contributed by atoms with Gasteiger partial charge in [0.1, 0.15) is 0 Å². The Balaban J connectivity index is 0.000000217. The first-order valence-corrected chi connectivity index (χ1v) is 5.43. The molecular formula is C6H15NO4S. The molecule has 0 radical (unpaired) electrons. The number of hydrogen-bond acceptors (Lipinski definition) is 4. The van der Waals surface area contributed by atoms with Gasteiger partial charge in [-0.05, 0) is 7.05 Å². The maximum atomic E-state index is 9.19. The monoisotopic (exact) mass is 197 g/mol. The molecule has 5 nitrogen and oxygen atoms in total. The summed E-state index contributed by atoms with van der Waals surface area (Å²) >= 11 is 0. The van der Waals surface area contributed by atoms with E-state index in [9.17, 15) is 8.42 Å². The van der Waals surface area contributed by atoms with Crippen LogP contribution in [0.3, 0.4) is 0 Å². The number of nitrogens with zero attached hydrogens (tertiary/aromatic N) is 1. The van der Waals surface area contributed by atoms with Crippen LogP contribution < -0.4 is 0 Å². The van der Waals surface area contributed by atoms with Gasteiger partial charge in [0, 0.05) is 13.1 Å². The zero-order valence-electron chi connectivity index (χ0n) is 7.36. The molecular weight excluding hydrogens is 182 g/mol. The third kappa shape index (κ3) is 12.5. The quantitative estimate of drug-likeness (QED) is 0.528. The van der Waals surface area contributed by atoms with Crippen molar-refractivity contribution in [1.29, 1.82) is 0 Å². The van der Waals surface area contributed by atoms with Crippen LogP contribution in [0.5, 0.6) is 0 Å². The normalized spacial score (nSPS) is 19.6. The topological polar surface area (TPSA) is 66.8 Å². The van der Waals surface area contributed by atoms with E-state index < -0.39 is 10.1 Å². The van der Waals surface area contributed by atoms with Crippen molar-refractivity contribution in [3.8, 4) is 0 Å². The number of hydrogen-bond donors (Lipinski definition) is 1. The zero-order chi connectivity index (χ0) is 9.61. The van der Waals surface area contributed by atoms with Gasteiger partial charge >= 0.3 is 0 Å². The predicted molar refractivity (Wildman–Crippen MR) is 45.8 cm³/mol. The average Bonchev–Trinajstić information content (AvgIpc) is 1.85. The van der Waals surface area contributed by atoms with Crippen molar-refractivity contribution < 1.29 is 17.7 Å². The Morgan fingerprint density at radius 2 is 1.67 bits per heavy atom. The van der Waals surface area contributed by atoms with Crippen LogP contribution in [0.25, 0.3) is 0 Å². The summed E-state index contributed by atoms with van der Waals surface area (Å²) in [5, 5.41) is 0. The van der Waals surface area contributed by atoms with E-state index in [0.717, 1.165) is 26.3 Å². The summed E-state index contributed by atoms with van der Waals surface area (Å²) in [7, 11) is -1.55. The van der Waals surface area contributed by atoms with Gasteiger partial charge in [0.05, 0.1) is 19.5 Å². The molecule has 0 aromatic carbocycles. The maximum absolute atomic E-state index is 9.19. The SMILES string of the molecule is CN1CCOCC1.CS(=O)(=O)O. The molecule has 0 unspecified atom stereocenters. The lowest BCUT2D eigenvalue weighted by Crippen LogP contribution is -2.32. The van der Waals surface area contributed by atoms with E-state index >= 15 is 0 Å². The molecule has 6 heteroatoms. The summed E-state index contributed by atoms with van der Waals surface area (Å²) in [4.78, 5) is 2.27. The van der Waals surface area contributed by atoms with Gasteiger partial charge in [-0.15, -0.1) is 0 Å². The van der Waals surface area contributed by atoms with Crippen LogP contribution in [0.4, 0.5) is 0 Å². The Kier molecular flexibility index (Phi) is 5.39. The van der Waals surface area contributed by atoms with Crippen molar-refractivity contribution in [2.75, 3.05) is 39.6 Å². The molecule has 0 aromatic rings. The Morgan fingerprint density at radius 1 is 1.33 bits per heavy atom. The Morgan fingerprint density at radius 3 is 1.83 bits per heavy atom. The zero-order valence-corrected chi connectivity index (χ0v) is 8.17. The number of ether oxygens (including phenoxy) is 1. The van der Waals surface area contributed by atoms with Gasteiger partial charge in [-0.3, -0.25) is 4.55 Å². The summed E-state index contributed by atoms with van der Waals surface area (Å²) < 4.78 is 31.0. The third-order valence-corrected chi connectivity index (χ3v) is 1.23. The molecule has 1 saturated heterocycles. The second-order valence-electron chi connectivity index (χ2n) is 2.65. The van der Waals surface area contributed by atoms with E-state index in [-0.39, 0.29) is 0 Å². The average molecular weight is 197 g/mol. The molecule has 1 rings (SSSR count). The largest absolute Gasteiger partial charge is 0.379 e. The van der Waals surface area contributed by atoms with Crippen LogP contribution in [0.2, 0.25) is 0 Å². The summed E-state index contributed by atoms with van der Waals surface area (Å²) in [5.74, 6) is 0. The predicted octanol–water partition coefficient (Wildman–Crippen LogP) is -0.548. The fraction of sp³-hybridized carbons (Fsp3) is 1.00. The van der Waals surface area contributed by atoms with Crippen molar-refractivity contribution in [3.05, 3.63) is 0 Å². The lowest BCUT2D eigenvalue weighted by Gasteiger charge is -2.21. The van der Waals surface area contributed by atoms with Crippen molar-refractivity contribution in [2.45, 2.75) is 0 Å². The summed E-state index contributed by atoms with van der Waals surface area (Å²) in [6, 6.07) is 0. The van der Waals surface area contributed by atoms with Crippen LogP contribution in [0, 0.1) is 0 Å². The van der Waals surface area contributed by atoms with E-state index in [1.54, 1.807) is 0 Å². The summed E-state index contributed by atoms with van der Waals surface area (Å²) in [6.45, 7) is 4.02. The highest BCUT2D eigenvalue weighted by Gasteiger charge is 2.02. The lowest BCUT2D eigenvalue weighted by molar-refractivity contribution is 0.0503. The standard InChI is InChI=1S/C5H11NO.CH4O3S/c1-6-2-4-7-5-3-6;1-5(2,3)4/h2-5H2,1H3;1H3,(H,2,3,4). The molecule has 0 atom stereocenters. The third-order valence-electron chi connectivity index (χ3n) is 1.23. The summed E-state index contributed by atoms with van der Waals surface area (Å²) in [6.07, 6.45) is 0.715. The Bertz CT molecular complexity index is 188. The van der Waals surface area contributed by atoms with Crippen LogP contribution in [-0.2, 0) is 14.9 Å². The lowest BCUT2D eigenvalue weighted by atomic mass is 10.5. The molecule has 1 fully saturated rings. The molecule has 12 heavy (non-hydrogen) atoms. The second-order valence-corrected chi connectivity index (χ2v) is 4.11. The van der Waals surface area contributed by atoms with Crippen molar-refractivity contribution in [3.63, 3.8) is 0 Å². The van der Waals surface area contributed by atoms with Gasteiger partial charge in [0.25, 0.3) is 10.1 Å². The number of likely N-dealkylation sites (N-methyl/N-ethyl adjacent to an activating group) is 1. The molecule has 0 spiro atoms. The van der Waals surface area contributed by atoms with Crippen molar-refractivity contribution in [1.82, 2.24) is 4.90 Å². The smallest absolute Gasteiger partial charge is 0.261 e. The van der Waals surface area contributed by atoms with E-state index in [0.29, 0.717) is 6.26 Å². The molecule has 74 valence electrons. The van der Waals surface area contributed by atoms with Gasteiger partial charge in [-0.2, -0.15) is 8.42 Å². The first-order chi connectivity index (χ1) is 5.39.